The molecule has 4 amide bonds. The molecule has 1 aromatic rings. The first-order chi connectivity index (χ1) is 11.9. The van der Waals surface area contributed by atoms with Crippen molar-refractivity contribution in [2.45, 2.75) is 6.92 Å². The van der Waals surface area contributed by atoms with Crippen molar-refractivity contribution in [3.05, 3.63) is 29.8 Å². The molecule has 1 aromatic carbocycles. The minimum absolute atomic E-state index is 0.196. The number of piperazine rings is 1. The van der Waals surface area contributed by atoms with Crippen molar-refractivity contribution in [2.24, 2.45) is 0 Å². The van der Waals surface area contributed by atoms with Gasteiger partial charge in [0.2, 0.25) is 0 Å². The molecule has 0 unspecified atom stereocenters. The number of carbonyl (C=O) groups excluding carboxylic acids is 4. The third-order valence-corrected chi connectivity index (χ3v) is 3.69. The summed E-state index contributed by atoms with van der Waals surface area (Å²) in [6.07, 6.45) is -0.447. The number of nitrogens with zero attached hydrogens (tertiary/aromatic N) is 2. The topological polar surface area (TPSA) is 122 Å². The molecular weight excluding hydrogens is 328 g/mol. The molecule has 0 atom stereocenters. The Morgan fingerprint density at radius 3 is 2.16 bits per heavy atom. The van der Waals surface area contributed by atoms with E-state index in [-0.39, 0.29) is 38.3 Å². The molecule has 0 saturated carbocycles. The van der Waals surface area contributed by atoms with Crippen LogP contribution in [-0.2, 0) is 14.3 Å². The first-order valence-electron chi connectivity index (χ1n) is 7.84. The Balaban J connectivity index is 1.86. The van der Waals surface area contributed by atoms with Gasteiger partial charge in [0.25, 0.3) is 5.91 Å². The zero-order valence-corrected chi connectivity index (χ0v) is 13.9. The summed E-state index contributed by atoms with van der Waals surface area (Å²) in [5.74, 6) is -2.50. The summed E-state index contributed by atoms with van der Waals surface area (Å²) in [6, 6.07) is 5.96. The van der Waals surface area contributed by atoms with Crippen LogP contribution in [0.2, 0.25) is 0 Å². The lowest BCUT2D eigenvalue weighted by Crippen LogP contribution is -2.54. The highest BCUT2D eigenvalue weighted by atomic mass is 16.6. The number of amides is 4. The standard InChI is InChI=1S/C16H20N4O5/c1-2-25-16(24)20-9-7-19(8-10-20)15(23)14(22)18-13(21)11-3-5-12(17)6-4-11/h3-6H,2,7-10,17H2,1H3,(H,18,21,22). The Kier molecular flexibility index (Phi) is 5.93. The fraction of sp³-hybridized carbons (Fsp3) is 0.375. The number of imide groups is 1. The van der Waals surface area contributed by atoms with E-state index < -0.39 is 23.8 Å². The maximum absolute atomic E-state index is 12.1. The van der Waals surface area contributed by atoms with Crippen molar-refractivity contribution in [1.29, 1.82) is 0 Å². The maximum Gasteiger partial charge on any atom is 0.409 e. The molecule has 0 radical (unpaired) electrons. The molecule has 0 aliphatic carbocycles. The van der Waals surface area contributed by atoms with Gasteiger partial charge in [0, 0.05) is 37.4 Å². The van der Waals surface area contributed by atoms with Crippen LogP contribution in [0, 0.1) is 0 Å². The number of rotatable bonds is 2. The summed E-state index contributed by atoms with van der Waals surface area (Å²) < 4.78 is 4.89. The summed E-state index contributed by atoms with van der Waals surface area (Å²) in [5.41, 5.74) is 6.24. The first kappa shape index (κ1) is 18.2. The fourth-order valence-corrected chi connectivity index (χ4v) is 2.31. The molecule has 1 heterocycles. The average Bonchev–Trinajstić information content (AvgIpc) is 2.61. The molecule has 1 fully saturated rings. The van der Waals surface area contributed by atoms with Crippen molar-refractivity contribution in [3.8, 4) is 0 Å². The maximum atomic E-state index is 12.1. The van der Waals surface area contributed by atoms with Gasteiger partial charge < -0.3 is 20.3 Å². The predicted molar refractivity (Wildman–Crippen MR) is 88.5 cm³/mol. The largest absolute Gasteiger partial charge is 0.450 e. The molecule has 9 heteroatoms. The summed E-state index contributed by atoms with van der Waals surface area (Å²) in [6.45, 7) is 2.91. The lowest BCUT2D eigenvalue weighted by atomic mass is 10.2. The molecule has 25 heavy (non-hydrogen) atoms. The van der Waals surface area contributed by atoms with Crippen molar-refractivity contribution >= 4 is 29.5 Å². The zero-order valence-electron chi connectivity index (χ0n) is 13.9. The molecule has 0 aromatic heterocycles. The van der Waals surface area contributed by atoms with Crippen LogP contribution in [0.4, 0.5) is 10.5 Å². The van der Waals surface area contributed by atoms with Gasteiger partial charge in [-0.2, -0.15) is 0 Å². The van der Waals surface area contributed by atoms with E-state index in [9.17, 15) is 19.2 Å². The monoisotopic (exact) mass is 348 g/mol. The molecule has 2 rings (SSSR count). The van der Waals surface area contributed by atoms with E-state index >= 15 is 0 Å². The Bertz CT molecular complexity index is 666. The van der Waals surface area contributed by atoms with Crippen molar-refractivity contribution < 1.29 is 23.9 Å². The van der Waals surface area contributed by atoms with Crippen LogP contribution < -0.4 is 11.1 Å². The summed E-state index contributed by atoms with van der Waals surface area (Å²) in [7, 11) is 0. The van der Waals surface area contributed by atoms with Gasteiger partial charge in [0.15, 0.2) is 0 Å². The highest BCUT2D eigenvalue weighted by Gasteiger charge is 2.29. The van der Waals surface area contributed by atoms with Gasteiger partial charge in [-0.3, -0.25) is 19.7 Å². The Hall–Kier alpha value is -3.10. The van der Waals surface area contributed by atoms with E-state index in [0.29, 0.717) is 5.69 Å². The Labute approximate surface area is 144 Å². The number of anilines is 1. The number of carbonyl (C=O) groups is 4. The van der Waals surface area contributed by atoms with E-state index in [0.717, 1.165) is 0 Å². The molecule has 1 aliphatic rings. The third-order valence-electron chi connectivity index (χ3n) is 3.69. The zero-order chi connectivity index (χ0) is 18.4. The number of nitrogens with two attached hydrogens (primary N) is 1. The molecule has 1 aliphatic heterocycles. The van der Waals surface area contributed by atoms with Crippen LogP contribution in [-0.4, -0.2) is 66.4 Å². The predicted octanol–water partition coefficient (Wildman–Crippen LogP) is -0.174. The summed E-state index contributed by atoms with van der Waals surface area (Å²) >= 11 is 0. The van der Waals surface area contributed by atoms with E-state index in [1.807, 2.05) is 0 Å². The normalized spacial score (nSPS) is 14.0. The van der Waals surface area contributed by atoms with Crippen molar-refractivity contribution in [2.75, 3.05) is 38.5 Å². The smallest absolute Gasteiger partial charge is 0.409 e. The molecule has 134 valence electrons. The summed E-state index contributed by atoms with van der Waals surface area (Å²) in [4.78, 5) is 50.4. The van der Waals surface area contributed by atoms with E-state index in [1.54, 1.807) is 6.92 Å². The van der Waals surface area contributed by atoms with Gasteiger partial charge >= 0.3 is 17.9 Å². The number of ether oxygens (including phenoxy) is 1. The Morgan fingerprint density at radius 2 is 1.60 bits per heavy atom. The van der Waals surface area contributed by atoms with Crippen LogP contribution in [0.5, 0.6) is 0 Å². The third kappa shape index (κ3) is 4.69. The van der Waals surface area contributed by atoms with E-state index in [2.05, 4.69) is 5.32 Å². The number of nitrogen functional groups attached to an aromatic ring is 1. The van der Waals surface area contributed by atoms with Crippen LogP contribution in [0.25, 0.3) is 0 Å². The van der Waals surface area contributed by atoms with Crippen LogP contribution in [0.1, 0.15) is 17.3 Å². The van der Waals surface area contributed by atoms with E-state index in [1.165, 1.54) is 34.1 Å². The molecular formula is C16H20N4O5. The van der Waals surface area contributed by atoms with Gasteiger partial charge in [0.05, 0.1) is 6.61 Å². The quantitative estimate of drug-likeness (QED) is 0.565. The SMILES string of the molecule is CCOC(=O)N1CCN(C(=O)C(=O)NC(=O)c2ccc(N)cc2)CC1. The number of benzene rings is 1. The van der Waals surface area contributed by atoms with Crippen molar-refractivity contribution in [1.82, 2.24) is 15.1 Å². The second-order valence-corrected chi connectivity index (χ2v) is 5.38. The molecule has 1 saturated heterocycles. The highest BCUT2D eigenvalue weighted by molar-refractivity contribution is 6.38. The van der Waals surface area contributed by atoms with Gasteiger partial charge in [-0.25, -0.2) is 4.79 Å². The van der Waals surface area contributed by atoms with Gasteiger partial charge in [-0.15, -0.1) is 0 Å². The van der Waals surface area contributed by atoms with Crippen molar-refractivity contribution in [3.63, 3.8) is 0 Å². The fourth-order valence-electron chi connectivity index (χ4n) is 2.31. The van der Waals surface area contributed by atoms with Crippen LogP contribution in [0.15, 0.2) is 24.3 Å². The molecule has 0 bridgehead atoms. The van der Waals surface area contributed by atoms with Gasteiger partial charge in [0.1, 0.15) is 0 Å². The average molecular weight is 348 g/mol. The molecule has 0 spiro atoms. The van der Waals surface area contributed by atoms with Crippen LogP contribution >= 0.6 is 0 Å². The van der Waals surface area contributed by atoms with Gasteiger partial charge in [-0.05, 0) is 31.2 Å². The second kappa shape index (κ2) is 8.13. The number of nitrogens with one attached hydrogen (secondary N) is 1. The number of hydrogen-bond acceptors (Lipinski definition) is 6. The molecule has 3 N–H and O–H groups in total. The Morgan fingerprint density at radius 1 is 1.04 bits per heavy atom. The van der Waals surface area contributed by atoms with Crippen LogP contribution in [0.3, 0.4) is 0 Å². The number of hydrogen-bond donors (Lipinski definition) is 2. The minimum Gasteiger partial charge on any atom is -0.450 e. The lowest BCUT2D eigenvalue weighted by Gasteiger charge is -2.33. The summed E-state index contributed by atoms with van der Waals surface area (Å²) in [5, 5.41) is 2.05. The van der Waals surface area contributed by atoms with E-state index in [4.69, 9.17) is 10.5 Å². The molecule has 9 nitrogen and oxygen atoms in total. The van der Waals surface area contributed by atoms with Gasteiger partial charge in [-0.1, -0.05) is 0 Å². The second-order valence-electron chi connectivity index (χ2n) is 5.38. The first-order valence-corrected chi connectivity index (χ1v) is 7.84. The highest BCUT2D eigenvalue weighted by Crippen LogP contribution is 2.06. The minimum atomic E-state index is -1.01. The lowest BCUT2D eigenvalue weighted by molar-refractivity contribution is -0.146.